The van der Waals surface area contributed by atoms with Gasteiger partial charge in [0.2, 0.25) is 17.8 Å². The Kier molecular flexibility index (Phi) is 5.16. The molecule has 0 unspecified atom stereocenters. The number of nitrogens with one attached hydrogen (secondary N) is 2. The molecule has 1 aliphatic rings. The van der Waals surface area contributed by atoms with Crippen molar-refractivity contribution in [3.63, 3.8) is 0 Å². The predicted octanol–water partition coefficient (Wildman–Crippen LogP) is 0.815. The highest BCUT2D eigenvalue weighted by atomic mass is 16.6. The SMILES string of the molecule is O=C(NNC(=O)[C@@H]1C[C@H]1[N+](=O)[O-])c1ccc(Cn2nnc(-c3ccccc3)n2)cc1. The third-order valence-corrected chi connectivity index (χ3v) is 4.69. The molecule has 0 saturated heterocycles. The Morgan fingerprint density at radius 1 is 1.10 bits per heavy atom. The van der Waals surface area contributed by atoms with Crippen molar-refractivity contribution in [2.45, 2.75) is 19.0 Å². The number of amides is 2. The minimum atomic E-state index is -0.867. The number of hydrogen-bond donors (Lipinski definition) is 2. The lowest BCUT2D eigenvalue weighted by Crippen LogP contribution is -2.43. The molecular formula is C19H17N7O4. The summed E-state index contributed by atoms with van der Waals surface area (Å²) in [4.78, 5) is 35.5. The summed E-state index contributed by atoms with van der Waals surface area (Å²) in [5.41, 5.74) is 6.55. The quantitative estimate of drug-likeness (QED) is 0.454. The van der Waals surface area contributed by atoms with Gasteiger partial charge in [-0.05, 0) is 22.9 Å². The molecule has 1 saturated carbocycles. The van der Waals surface area contributed by atoms with Gasteiger partial charge in [-0.15, -0.1) is 10.2 Å². The Morgan fingerprint density at radius 2 is 1.83 bits per heavy atom. The molecule has 2 amide bonds. The van der Waals surface area contributed by atoms with Crippen LogP contribution in [0.4, 0.5) is 0 Å². The van der Waals surface area contributed by atoms with E-state index >= 15 is 0 Å². The highest BCUT2D eigenvalue weighted by Gasteiger charge is 2.53. The molecule has 1 fully saturated rings. The molecular weight excluding hydrogens is 390 g/mol. The summed E-state index contributed by atoms with van der Waals surface area (Å²) >= 11 is 0. The molecule has 1 aromatic heterocycles. The summed E-state index contributed by atoms with van der Waals surface area (Å²) in [7, 11) is 0. The number of benzene rings is 2. The second-order valence-corrected chi connectivity index (χ2v) is 6.84. The fraction of sp³-hybridized carbons (Fsp3) is 0.211. The molecule has 2 aromatic carbocycles. The monoisotopic (exact) mass is 407 g/mol. The summed E-state index contributed by atoms with van der Waals surface area (Å²) in [6.07, 6.45) is 0.186. The Morgan fingerprint density at radius 3 is 2.50 bits per heavy atom. The van der Waals surface area contributed by atoms with Crippen LogP contribution in [0.5, 0.6) is 0 Å². The van der Waals surface area contributed by atoms with E-state index in [-0.39, 0.29) is 6.42 Å². The van der Waals surface area contributed by atoms with E-state index in [9.17, 15) is 19.7 Å². The van der Waals surface area contributed by atoms with E-state index < -0.39 is 28.7 Å². The van der Waals surface area contributed by atoms with Crippen molar-refractivity contribution in [1.82, 2.24) is 31.1 Å². The fourth-order valence-corrected chi connectivity index (χ4v) is 2.92. The van der Waals surface area contributed by atoms with Gasteiger partial charge in [0.25, 0.3) is 5.91 Å². The second kappa shape index (κ2) is 8.07. The summed E-state index contributed by atoms with van der Waals surface area (Å²) in [5.74, 6) is -1.25. The van der Waals surface area contributed by atoms with Crippen LogP contribution in [0.2, 0.25) is 0 Å². The van der Waals surface area contributed by atoms with E-state index in [2.05, 4.69) is 26.3 Å². The highest BCUT2D eigenvalue weighted by Crippen LogP contribution is 2.32. The van der Waals surface area contributed by atoms with E-state index in [0.717, 1.165) is 11.1 Å². The number of nitro groups is 1. The lowest BCUT2D eigenvalue weighted by molar-refractivity contribution is -0.497. The molecule has 0 bridgehead atoms. The van der Waals surface area contributed by atoms with Crippen LogP contribution < -0.4 is 10.9 Å². The number of carbonyl (C=O) groups excluding carboxylic acids is 2. The number of hydrogen-bond acceptors (Lipinski definition) is 7. The highest BCUT2D eigenvalue weighted by molar-refractivity contribution is 5.95. The number of rotatable bonds is 6. The Bertz CT molecular complexity index is 1080. The van der Waals surface area contributed by atoms with Crippen LogP contribution in [0, 0.1) is 16.0 Å². The first-order valence-electron chi connectivity index (χ1n) is 9.17. The second-order valence-electron chi connectivity index (χ2n) is 6.84. The van der Waals surface area contributed by atoms with Crippen LogP contribution >= 0.6 is 0 Å². The first kappa shape index (κ1) is 19.2. The summed E-state index contributed by atoms with van der Waals surface area (Å²) in [5, 5.41) is 23.0. The molecule has 30 heavy (non-hydrogen) atoms. The average molecular weight is 407 g/mol. The average Bonchev–Trinajstić information content (AvgIpc) is 3.45. The van der Waals surface area contributed by atoms with Gasteiger partial charge in [0.15, 0.2) is 0 Å². The molecule has 1 heterocycles. The molecule has 0 aliphatic heterocycles. The molecule has 2 N–H and O–H groups in total. The molecule has 11 heteroatoms. The van der Waals surface area contributed by atoms with Crippen LogP contribution in [0.3, 0.4) is 0 Å². The van der Waals surface area contributed by atoms with Crippen LogP contribution in [-0.2, 0) is 11.3 Å². The van der Waals surface area contributed by atoms with Crippen molar-refractivity contribution in [2.24, 2.45) is 5.92 Å². The summed E-state index contributed by atoms with van der Waals surface area (Å²) in [6.45, 7) is 0.377. The summed E-state index contributed by atoms with van der Waals surface area (Å²) < 4.78 is 0. The lowest BCUT2D eigenvalue weighted by Gasteiger charge is -2.07. The van der Waals surface area contributed by atoms with Crippen LogP contribution in [0.15, 0.2) is 54.6 Å². The molecule has 4 rings (SSSR count). The van der Waals surface area contributed by atoms with E-state index in [1.54, 1.807) is 24.3 Å². The first-order chi connectivity index (χ1) is 14.5. The smallest absolute Gasteiger partial charge is 0.269 e. The maximum absolute atomic E-state index is 12.1. The third kappa shape index (κ3) is 4.29. The van der Waals surface area contributed by atoms with Gasteiger partial charge in [-0.2, -0.15) is 4.80 Å². The number of hydrazine groups is 1. The van der Waals surface area contributed by atoms with Crippen molar-refractivity contribution in [1.29, 1.82) is 0 Å². The van der Waals surface area contributed by atoms with Gasteiger partial charge in [0, 0.05) is 22.5 Å². The number of carbonyl (C=O) groups is 2. The summed E-state index contributed by atoms with van der Waals surface area (Å²) in [6, 6.07) is 15.3. The van der Waals surface area contributed by atoms with E-state index in [4.69, 9.17) is 0 Å². The Labute approximate surface area is 170 Å². The first-order valence-corrected chi connectivity index (χ1v) is 9.17. The maximum atomic E-state index is 12.1. The van der Waals surface area contributed by atoms with Crippen LogP contribution in [0.25, 0.3) is 11.4 Å². The molecule has 0 radical (unpaired) electrons. The predicted molar refractivity (Wildman–Crippen MR) is 103 cm³/mol. The number of tetrazole rings is 1. The van der Waals surface area contributed by atoms with E-state index in [1.165, 1.54) is 4.80 Å². The minimum Gasteiger partial charge on any atom is -0.273 e. The van der Waals surface area contributed by atoms with Crippen molar-refractivity contribution in [3.05, 3.63) is 75.8 Å². The Balaban J connectivity index is 1.31. The van der Waals surface area contributed by atoms with E-state index in [0.29, 0.717) is 17.9 Å². The molecule has 152 valence electrons. The topological polar surface area (TPSA) is 145 Å². The third-order valence-electron chi connectivity index (χ3n) is 4.69. The zero-order chi connectivity index (χ0) is 21.1. The molecule has 1 aliphatic carbocycles. The van der Waals surface area contributed by atoms with Crippen molar-refractivity contribution in [3.8, 4) is 11.4 Å². The van der Waals surface area contributed by atoms with Gasteiger partial charge in [-0.1, -0.05) is 42.5 Å². The number of aromatic nitrogens is 4. The van der Waals surface area contributed by atoms with Crippen molar-refractivity contribution < 1.29 is 14.5 Å². The zero-order valence-corrected chi connectivity index (χ0v) is 15.6. The van der Waals surface area contributed by atoms with Gasteiger partial charge in [-0.25, -0.2) is 0 Å². The lowest BCUT2D eigenvalue weighted by atomic mass is 10.1. The molecule has 2 atom stereocenters. The van der Waals surface area contributed by atoms with Gasteiger partial charge in [0.1, 0.15) is 5.92 Å². The van der Waals surface area contributed by atoms with Crippen molar-refractivity contribution >= 4 is 11.8 Å². The van der Waals surface area contributed by atoms with E-state index in [1.807, 2.05) is 30.3 Å². The normalized spacial score (nSPS) is 17.2. The minimum absolute atomic E-state index is 0.186. The van der Waals surface area contributed by atoms with Gasteiger partial charge in [-0.3, -0.25) is 30.6 Å². The molecule has 11 nitrogen and oxygen atoms in total. The Hall–Kier alpha value is -4.15. The number of nitrogens with zero attached hydrogens (tertiary/aromatic N) is 5. The van der Waals surface area contributed by atoms with Crippen LogP contribution in [0.1, 0.15) is 22.3 Å². The fourth-order valence-electron chi connectivity index (χ4n) is 2.92. The zero-order valence-electron chi connectivity index (χ0n) is 15.6. The molecule has 3 aromatic rings. The molecule has 0 spiro atoms. The van der Waals surface area contributed by atoms with Gasteiger partial charge >= 0.3 is 0 Å². The van der Waals surface area contributed by atoms with Gasteiger partial charge < -0.3 is 0 Å². The van der Waals surface area contributed by atoms with Gasteiger partial charge in [0.05, 0.1) is 6.54 Å². The van der Waals surface area contributed by atoms with Crippen LogP contribution in [-0.4, -0.2) is 43.0 Å². The standard InChI is InChI=1S/C19H17N7O4/c27-18(21-22-19(28)15-10-16(15)26(29)30)14-8-6-12(7-9-14)11-25-23-17(20-24-25)13-4-2-1-3-5-13/h1-9,15-16H,10-11H2,(H,21,27)(H,22,28)/t15-,16-/m1/s1. The maximum Gasteiger partial charge on any atom is 0.269 e. The largest absolute Gasteiger partial charge is 0.273 e. The van der Waals surface area contributed by atoms with Crippen molar-refractivity contribution in [2.75, 3.05) is 0 Å².